The zero-order valence-corrected chi connectivity index (χ0v) is 5.98. The maximum atomic E-state index is 10.2. The Morgan fingerprint density at radius 3 is 2.44 bits per heavy atom. The van der Waals surface area contributed by atoms with E-state index in [2.05, 4.69) is 17.9 Å². The molecule has 9 heavy (non-hydrogen) atoms. The molecule has 0 aromatic rings. The Kier molecular flexibility index (Phi) is 2.96. The number of hydrogen-bond donors (Lipinski definition) is 4. The van der Waals surface area contributed by atoms with E-state index < -0.39 is 11.6 Å². The summed E-state index contributed by atoms with van der Waals surface area (Å²) < 4.78 is 0. The largest absolute Gasteiger partial charge is 0.479 e. The molecule has 0 heterocycles. The van der Waals surface area contributed by atoms with Gasteiger partial charge in [-0.25, -0.2) is 4.79 Å². The summed E-state index contributed by atoms with van der Waals surface area (Å²) in [5.41, 5.74) is 3.87. The van der Waals surface area contributed by atoms with Crippen molar-refractivity contribution < 1.29 is 9.90 Å². The smallest absolute Gasteiger partial charge is 0.339 e. The van der Waals surface area contributed by atoms with E-state index in [0.29, 0.717) is 0 Å². The van der Waals surface area contributed by atoms with Gasteiger partial charge in [0.1, 0.15) is 0 Å². The van der Waals surface area contributed by atoms with E-state index in [0.717, 1.165) is 0 Å². The molecule has 0 aliphatic heterocycles. The summed E-state index contributed by atoms with van der Waals surface area (Å²) >= 11 is 3.75. The third-order valence-electron chi connectivity index (χ3n) is 1.08. The lowest BCUT2D eigenvalue weighted by Crippen LogP contribution is -2.59. The first kappa shape index (κ1) is 8.74. The molecule has 4 N–H and O–H groups in total. The van der Waals surface area contributed by atoms with Crippen LogP contribution in [0, 0.1) is 0 Å². The Labute approximate surface area is 58.8 Å². The maximum Gasteiger partial charge on any atom is 0.339 e. The van der Waals surface area contributed by atoms with Crippen molar-refractivity contribution in [3.8, 4) is 0 Å². The van der Waals surface area contributed by atoms with Gasteiger partial charge >= 0.3 is 5.97 Å². The normalized spacial score (nSPS) is 16.8. The first-order chi connectivity index (χ1) is 4.06. The summed E-state index contributed by atoms with van der Waals surface area (Å²) in [6.07, 6.45) is 0. The summed E-state index contributed by atoms with van der Waals surface area (Å²) in [6.45, 7) is 0. The summed E-state index contributed by atoms with van der Waals surface area (Å²) in [4.78, 5) is 10.2. The van der Waals surface area contributed by atoms with Crippen molar-refractivity contribution in [2.75, 3.05) is 12.8 Å². The molecule has 0 radical (unpaired) electrons. The quantitative estimate of drug-likeness (QED) is 0.303. The molecular formula is C4H10N2O2S. The van der Waals surface area contributed by atoms with E-state index in [1.54, 1.807) is 0 Å². The highest BCUT2D eigenvalue weighted by molar-refractivity contribution is 7.80. The molecule has 0 spiro atoms. The van der Waals surface area contributed by atoms with Crippen LogP contribution in [-0.2, 0) is 4.79 Å². The second-order valence-corrected chi connectivity index (χ2v) is 2.00. The summed E-state index contributed by atoms with van der Waals surface area (Å²) in [5, 5.41) is 10.8. The molecule has 1 atom stereocenters. The van der Waals surface area contributed by atoms with Crippen molar-refractivity contribution in [1.82, 2.24) is 5.32 Å². The average Bonchev–Trinajstić information content (AvgIpc) is 1.86. The van der Waals surface area contributed by atoms with E-state index in [1.165, 1.54) is 7.05 Å². The van der Waals surface area contributed by atoms with Gasteiger partial charge in [-0.1, -0.05) is 0 Å². The number of carboxylic acids is 1. The first-order valence-electron chi connectivity index (χ1n) is 2.39. The zero-order valence-electron chi connectivity index (χ0n) is 5.09. The van der Waals surface area contributed by atoms with Gasteiger partial charge in [0.05, 0.1) is 0 Å². The fourth-order valence-corrected chi connectivity index (χ4v) is 0.547. The molecular weight excluding hydrogens is 140 g/mol. The van der Waals surface area contributed by atoms with Crippen LogP contribution in [0.5, 0.6) is 0 Å². The Balaban J connectivity index is 4.09. The Morgan fingerprint density at radius 1 is 2.00 bits per heavy atom. The number of hydrogen-bond acceptors (Lipinski definition) is 4. The molecule has 0 aromatic heterocycles. The minimum atomic E-state index is -1.39. The van der Waals surface area contributed by atoms with Gasteiger partial charge in [0.2, 0.25) is 0 Å². The highest BCUT2D eigenvalue weighted by Crippen LogP contribution is 1.96. The van der Waals surface area contributed by atoms with Crippen LogP contribution in [-0.4, -0.2) is 29.5 Å². The maximum absolute atomic E-state index is 10.2. The van der Waals surface area contributed by atoms with Crippen molar-refractivity contribution in [3.63, 3.8) is 0 Å². The SMILES string of the molecule is CNC(N)(CS)C(=O)O. The lowest BCUT2D eigenvalue weighted by molar-refractivity contribution is -0.143. The summed E-state index contributed by atoms with van der Waals surface area (Å²) in [5.74, 6) is -1.03. The Hall–Kier alpha value is -0.260. The van der Waals surface area contributed by atoms with Gasteiger partial charge in [-0.2, -0.15) is 12.6 Å². The van der Waals surface area contributed by atoms with Crippen LogP contribution in [0.15, 0.2) is 0 Å². The van der Waals surface area contributed by atoms with E-state index in [4.69, 9.17) is 10.8 Å². The van der Waals surface area contributed by atoms with Gasteiger partial charge in [-0.05, 0) is 7.05 Å². The minimum Gasteiger partial charge on any atom is -0.479 e. The van der Waals surface area contributed by atoms with Crippen molar-refractivity contribution >= 4 is 18.6 Å². The predicted octanol–water partition coefficient (Wildman–Crippen LogP) is -1.12. The number of carboxylic acid groups (broad SMARTS) is 1. The number of aliphatic carboxylic acids is 1. The minimum absolute atomic E-state index is 0.0683. The highest BCUT2D eigenvalue weighted by Gasteiger charge is 2.29. The summed E-state index contributed by atoms with van der Waals surface area (Å²) in [6, 6.07) is 0. The third-order valence-corrected chi connectivity index (χ3v) is 1.58. The molecule has 0 fully saturated rings. The molecule has 0 bridgehead atoms. The molecule has 0 aliphatic carbocycles. The number of carbonyl (C=O) groups is 1. The average molecular weight is 150 g/mol. The third kappa shape index (κ3) is 1.85. The standard InChI is InChI=1S/C4H10N2O2S/c1-6-4(5,2-9)3(7)8/h6,9H,2,5H2,1H3,(H,7,8). The molecule has 1 unspecified atom stereocenters. The van der Waals surface area contributed by atoms with Crippen molar-refractivity contribution in [2.45, 2.75) is 5.66 Å². The van der Waals surface area contributed by atoms with Crippen LogP contribution < -0.4 is 11.1 Å². The van der Waals surface area contributed by atoms with Gasteiger partial charge in [0.15, 0.2) is 5.66 Å². The molecule has 4 nitrogen and oxygen atoms in total. The highest BCUT2D eigenvalue weighted by atomic mass is 32.1. The number of nitrogens with two attached hydrogens (primary N) is 1. The fraction of sp³-hybridized carbons (Fsp3) is 0.750. The Bertz CT molecular complexity index is 113. The molecule has 54 valence electrons. The van der Waals surface area contributed by atoms with Crippen LogP contribution in [0.4, 0.5) is 0 Å². The van der Waals surface area contributed by atoms with E-state index in [1.807, 2.05) is 0 Å². The number of nitrogens with one attached hydrogen (secondary N) is 1. The second kappa shape index (κ2) is 3.05. The fourth-order valence-electron chi connectivity index (χ4n) is 0.254. The van der Waals surface area contributed by atoms with Crippen LogP contribution in [0.3, 0.4) is 0 Å². The zero-order chi connectivity index (χ0) is 7.49. The molecule has 0 amide bonds. The Morgan fingerprint density at radius 2 is 2.44 bits per heavy atom. The second-order valence-electron chi connectivity index (χ2n) is 1.68. The lowest BCUT2D eigenvalue weighted by Gasteiger charge is -2.20. The van der Waals surface area contributed by atoms with Crippen molar-refractivity contribution in [1.29, 1.82) is 0 Å². The predicted molar refractivity (Wildman–Crippen MR) is 37.5 cm³/mol. The number of thiol groups is 1. The van der Waals surface area contributed by atoms with Crippen LogP contribution in [0.2, 0.25) is 0 Å². The first-order valence-corrected chi connectivity index (χ1v) is 3.02. The van der Waals surface area contributed by atoms with Gasteiger partial charge < -0.3 is 10.8 Å². The van der Waals surface area contributed by atoms with Gasteiger partial charge in [-0.3, -0.25) is 5.32 Å². The monoisotopic (exact) mass is 150 g/mol. The topological polar surface area (TPSA) is 75.3 Å². The van der Waals surface area contributed by atoms with Gasteiger partial charge in [-0.15, -0.1) is 0 Å². The number of likely N-dealkylation sites (N-methyl/N-ethyl adjacent to an activating group) is 1. The van der Waals surface area contributed by atoms with Crippen molar-refractivity contribution in [2.24, 2.45) is 5.73 Å². The number of rotatable bonds is 3. The molecule has 0 saturated heterocycles. The molecule has 0 rings (SSSR count). The van der Waals surface area contributed by atoms with E-state index in [-0.39, 0.29) is 5.75 Å². The van der Waals surface area contributed by atoms with E-state index in [9.17, 15) is 4.79 Å². The van der Waals surface area contributed by atoms with Crippen LogP contribution in [0.1, 0.15) is 0 Å². The molecule has 5 heteroatoms. The van der Waals surface area contributed by atoms with Gasteiger partial charge in [0.25, 0.3) is 0 Å². The van der Waals surface area contributed by atoms with Crippen LogP contribution in [0.25, 0.3) is 0 Å². The lowest BCUT2D eigenvalue weighted by atomic mass is 10.2. The molecule has 0 saturated carbocycles. The molecule has 0 aromatic carbocycles. The van der Waals surface area contributed by atoms with E-state index >= 15 is 0 Å². The van der Waals surface area contributed by atoms with Crippen molar-refractivity contribution in [3.05, 3.63) is 0 Å². The van der Waals surface area contributed by atoms with Crippen LogP contribution >= 0.6 is 12.6 Å². The molecule has 0 aliphatic rings. The van der Waals surface area contributed by atoms with Gasteiger partial charge in [0, 0.05) is 5.75 Å². The summed E-state index contributed by atoms with van der Waals surface area (Å²) in [7, 11) is 1.48.